The van der Waals surface area contributed by atoms with Gasteiger partial charge in [-0.3, -0.25) is 9.59 Å². The SMILES string of the molecule is C#CC1(N(CCCC(=O)OCC)C(=O)c2ccc(Cl)cc2)CCCCC1. The molecule has 0 aliphatic heterocycles. The number of amides is 1. The molecule has 1 aromatic rings. The highest BCUT2D eigenvalue weighted by molar-refractivity contribution is 6.30. The molecular weight excluding hydrogens is 350 g/mol. The minimum Gasteiger partial charge on any atom is -0.466 e. The van der Waals surface area contributed by atoms with Gasteiger partial charge in [-0.25, -0.2) is 0 Å². The Bertz CT molecular complexity index is 657. The second-order valence-corrected chi connectivity index (χ2v) is 7.05. The summed E-state index contributed by atoms with van der Waals surface area (Å²) in [5.41, 5.74) is -0.0189. The Labute approximate surface area is 160 Å². The topological polar surface area (TPSA) is 46.6 Å². The van der Waals surface area contributed by atoms with Crippen LogP contribution < -0.4 is 0 Å². The van der Waals surface area contributed by atoms with Crippen molar-refractivity contribution >= 4 is 23.5 Å². The van der Waals surface area contributed by atoms with Crippen LogP contribution in [0.15, 0.2) is 24.3 Å². The van der Waals surface area contributed by atoms with E-state index in [1.165, 1.54) is 0 Å². The van der Waals surface area contributed by atoms with Crippen LogP contribution in [0.5, 0.6) is 0 Å². The first kappa shape index (κ1) is 20.3. The van der Waals surface area contributed by atoms with Crippen molar-refractivity contribution in [2.75, 3.05) is 13.2 Å². The fourth-order valence-electron chi connectivity index (χ4n) is 3.50. The van der Waals surface area contributed by atoms with Crippen LogP contribution in [0.2, 0.25) is 5.02 Å². The van der Waals surface area contributed by atoms with E-state index in [1.54, 1.807) is 36.1 Å². The van der Waals surface area contributed by atoms with Gasteiger partial charge in [-0.2, -0.15) is 0 Å². The molecule has 0 aromatic heterocycles. The average molecular weight is 376 g/mol. The van der Waals surface area contributed by atoms with Crippen LogP contribution in [0.1, 0.15) is 62.2 Å². The van der Waals surface area contributed by atoms with Crippen molar-refractivity contribution < 1.29 is 14.3 Å². The molecule has 1 aliphatic carbocycles. The van der Waals surface area contributed by atoms with Crippen molar-refractivity contribution in [3.63, 3.8) is 0 Å². The zero-order valence-corrected chi connectivity index (χ0v) is 16.1. The number of carbonyl (C=O) groups excluding carboxylic acids is 2. The summed E-state index contributed by atoms with van der Waals surface area (Å²) in [7, 11) is 0. The molecule has 1 fully saturated rings. The smallest absolute Gasteiger partial charge is 0.305 e. The van der Waals surface area contributed by atoms with E-state index in [0.717, 1.165) is 32.1 Å². The Kier molecular flexibility index (Phi) is 7.53. The molecule has 0 radical (unpaired) electrons. The molecule has 5 heteroatoms. The summed E-state index contributed by atoms with van der Waals surface area (Å²) in [6.07, 6.45) is 11.4. The lowest BCUT2D eigenvalue weighted by atomic mass is 9.80. The Balaban J connectivity index is 2.20. The zero-order chi connectivity index (χ0) is 19.0. The van der Waals surface area contributed by atoms with Gasteiger partial charge in [0.2, 0.25) is 0 Å². The minimum absolute atomic E-state index is 0.106. The molecule has 26 heavy (non-hydrogen) atoms. The first-order valence-corrected chi connectivity index (χ1v) is 9.61. The van der Waals surface area contributed by atoms with Crippen LogP contribution in [-0.2, 0) is 9.53 Å². The summed E-state index contributed by atoms with van der Waals surface area (Å²) in [5.74, 6) is 2.55. The molecule has 4 nitrogen and oxygen atoms in total. The highest BCUT2D eigenvalue weighted by Crippen LogP contribution is 2.34. The Morgan fingerprint density at radius 2 is 1.88 bits per heavy atom. The predicted molar refractivity (Wildman–Crippen MR) is 103 cm³/mol. The zero-order valence-electron chi connectivity index (χ0n) is 15.3. The largest absolute Gasteiger partial charge is 0.466 e. The standard InChI is InChI=1S/C21H26ClNO3/c1-3-21(14-6-5-7-15-21)23(16-8-9-19(24)26-4-2)20(25)17-10-12-18(22)13-11-17/h1,10-13H,4-9,14-16H2,2H3. The Morgan fingerprint density at radius 1 is 1.23 bits per heavy atom. The molecule has 0 N–H and O–H groups in total. The van der Waals surface area contributed by atoms with Gasteiger partial charge >= 0.3 is 5.97 Å². The number of benzene rings is 1. The number of carbonyl (C=O) groups is 2. The van der Waals surface area contributed by atoms with Crippen LogP contribution in [0.3, 0.4) is 0 Å². The van der Waals surface area contributed by atoms with Crippen molar-refractivity contribution in [2.45, 2.75) is 57.4 Å². The lowest BCUT2D eigenvalue weighted by Gasteiger charge is -2.43. The number of ether oxygens (including phenoxy) is 1. The van der Waals surface area contributed by atoms with Gasteiger partial charge in [-0.05, 0) is 50.5 Å². The van der Waals surface area contributed by atoms with Gasteiger partial charge in [0, 0.05) is 23.6 Å². The molecule has 1 saturated carbocycles. The number of terminal acetylenes is 1. The third-order valence-electron chi connectivity index (χ3n) is 4.87. The molecule has 0 heterocycles. The lowest BCUT2D eigenvalue weighted by molar-refractivity contribution is -0.143. The van der Waals surface area contributed by atoms with Crippen molar-refractivity contribution in [3.8, 4) is 12.3 Å². The number of rotatable bonds is 7. The molecule has 140 valence electrons. The minimum atomic E-state index is -0.580. The summed E-state index contributed by atoms with van der Waals surface area (Å²) in [6, 6.07) is 6.84. The molecule has 0 spiro atoms. The van der Waals surface area contributed by atoms with Crippen molar-refractivity contribution in [2.24, 2.45) is 0 Å². The number of hydrogen-bond acceptors (Lipinski definition) is 3. The molecule has 1 aromatic carbocycles. The van der Waals surface area contributed by atoms with Gasteiger partial charge in [0.1, 0.15) is 5.54 Å². The van der Waals surface area contributed by atoms with E-state index >= 15 is 0 Å². The van der Waals surface area contributed by atoms with Gasteiger partial charge in [-0.1, -0.05) is 36.8 Å². The summed E-state index contributed by atoms with van der Waals surface area (Å²) in [4.78, 5) is 26.6. The summed E-state index contributed by atoms with van der Waals surface area (Å²) in [5, 5.41) is 0.583. The molecule has 0 saturated heterocycles. The molecule has 0 atom stereocenters. The fraction of sp³-hybridized carbons (Fsp3) is 0.524. The molecule has 1 aliphatic rings. The van der Waals surface area contributed by atoms with Crippen LogP contribution in [-0.4, -0.2) is 35.5 Å². The van der Waals surface area contributed by atoms with E-state index in [-0.39, 0.29) is 18.3 Å². The van der Waals surface area contributed by atoms with Gasteiger partial charge in [0.15, 0.2) is 0 Å². The van der Waals surface area contributed by atoms with E-state index in [1.807, 2.05) is 0 Å². The second-order valence-electron chi connectivity index (χ2n) is 6.61. The van der Waals surface area contributed by atoms with Crippen LogP contribution in [0, 0.1) is 12.3 Å². The van der Waals surface area contributed by atoms with Crippen molar-refractivity contribution in [3.05, 3.63) is 34.9 Å². The average Bonchev–Trinajstić information content (AvgIpc) is 2.66. The van der Waals surface area contributed by atoms with Crippen molar-refractivity contribution in [1.29, 1.82) is 0 Å². The van der Waals surface area contributed by atoms with Crippen molar-refractivity contribution in [1.82, 2.24) is 4.90 Å². The highest BCUT2D eigenvalue weighted by atomic mass is 35.5. The van der Waals surface area contributed by atoms with Gasteiger partial charge in [-0.15, -0.1) is 6.42 Å². The third-order valence-corrected chi connectivity index (χ3v) is 5.12. The maximum atomic E-state index is 13.2. The summed E-state index contributed by atoms with van der Waals surface area (Å²) >= 11 is 5.94. The first-order valence-electron chi connectivity index (χ1n) is 9.23. The molecule has 2 rings (SSSR count). The van der Waals surface area contributed by atoms with E-state index in [9.17, 15) is 9.59 Å². The monoisotopic (exact) mass is 375 g/mol. The van der Waals surface area contributed by atoms with Gasteiger partial charge in [0.25, 0.3) is 5.91 Å². The molecule has 0 bridgehead atoms. The summed E-state index contributed by atoms with van der Waals surface area (Å²) in [6.45, 7) is 2.58. The lowest BCUT2D eigenvalue weighted by Crippen LogP contribution is -2.52. The van der Waals surface area contributed by atoms with Crippen LogP contribution in [0.4, 0.5) is 0 Å². The molecule has 1 amide bonds. The predicted octanol–water partition coefficient (Wildman–Crippen LogP) is 4.46. The highest BCUT2D eigenvalue weighted by Gasteiger charge is 2.39. The van der Waals surface area contributed by atoms with Crippen LogP contribution >= 0.6 is 11.6 Å². The van der Waals surface area contributed by atoms with Gasteiger partial charge < -0.3 is 9.64 Å². The van der Waals surface area contributed by atoms with Gasteiger partial charge in [0.05, 0.1) is 6.61 Å². The van der Waals surface area contributed by atoms with E-state index < -0.39 is 5.54 Å². The maximum absolute atomic E-state index is 13.2. The van der Waals surface area contributed by atoms with E-state index in [4.69, 9.17) is 22.8 Å². The van der Waals surface area contributed by atoms with E-state index in [0.29, 0.717) is 30.2 Å². The summed E-state index contributed by atoms with van der Waals surface area (Å²) < 4.78 is 4.98. The molecule has 0 unspecified atom stereocenters. The second kappa shape index (κ2) is 9.64. The third kappa shape index (κ3) is 5.02. The quantitative estimate of drug-likeness (QED) is 0.522. The Hall–Kier alpha value is -1.99. The fourth-order valence-corrected chi connectivity index (χ4v) is 3.63. The maximum Gasteiger partial charge on any atom is 0.305 e. The van der Waals surface area contributed by atoms with Crippen LogP contribution in [0.25, 0.3) is 0 Å². The van der Waals surface area contributed by atoms with E-state index in [2.05, 4.69) is 5.92 Å². The number of nitrogens with zero attached hydrogens (tertiary/aromatic N) is 1. The number of hydrogen-bond donors (Lipinski definition) is 0. The Morgan fingerprint density at radius 3 is 2.46 bits per heavy atom. The normalized spacial score (nSPS) is 15.7. The first-order chi connectivity index (χ1) is 12.5. The number of halogens is 1. The molecular formula is C21H26ClNO3. The number of esters is 1.